The first kappa shape index (κ1) is 58.6. The minimum Gasteiger partial charge on any atom is -0.395 e. The van der Waals surface area contributed by atoms with Gasteiger partial charge in [0.1, 0.15) is 5.78 Å². The number of piperidine rings is 2. The van der Waals surface area contributed by atoms with E-state index in [0.29, 0.717) is 83.9 Å². The van der Waals surface area contributed by atoms with Crippen LogP contribution in [-0.2, 0) is 4.79 Å². The van der Waals surface area contributed by atoms with Crippen molar-refractivity contribution in [2.75, 3.05) is 113 Å². The Labute approximate surface area is 456 Å². The minimum atomic E-state index is -0.523. The van der Waals surface area contributed by atoms with E-state index in [4.69, 9.17) is 68.1 Å². The molecule has 4 aliphatic rings. The second-order valence-electron chi connectivity index (χ2n) is 18.2. The van der Waals surface area contributed by atoms with E-state index in [1.165, 1.54) is 0 Å². The number of anilines is 4. The number of carbonyl (C=O) groups is 5. The zero-order chi connectivity index (χ0) is 54.2. The molecule has 9 N–H and O–H groups in total. The smallest absolute Gasteiger partial charge is 0.273 e. The molecule has 8 rings (SSSR count). The zero-order valence-electron chi connectivity index (χ0n) is 42.1. The van der Waals surface area contributed by atoms with Gasteiger partial charge in [-0.15, -0.1) is 0 Å². The molecule has 75 heavy (non-hydrogen) atoms. The number of aliphatic hydroxyl groups excluding tert-OH is 2. The Balaban J connectivity index is 0.000000203. The summed E-state index contributed by atoms with van der Waals surface area (Å²) in [5.74, 6) is 0.237. The van der Waals surface area contributed by atoms with Crippen molar-refractivity contribution < 1.29 is 34.2 Å². The van der Waals surface area contributed by atoms with E-state index in [-0.39, 0.29) is 83.3 Å². The summed E-state index contributed by atoms with van der Waals surface area (Å²) < 4.78 is 0. The van der Waals surface area contributed by atoms with Crippen LogP contribution in [0.25, 0.3) is 0 Å². The Morgan fingerprint density at radius 2 is 1.11 bits per heavy atom. The number of nitrogens with two attached hydrogens (primary N) is 2. The second kappa shape index (κ2) is 28.5. The van der Waals surface area contributed by atoms with E-state index in [1.54, 1.807) is 53.4 Å². The normalized spacial score (nSPS) is 18.3. The average Bonchev–Trinajstić information content (AvgIpc) is 3.43. The van der Waals surface area contributed by atoms with Crippen molar-refractivity contribution in [3.05, 3.63) is 91.4 Å². The van der Waals surface area contributed by atoms with Gasteiger partial charge in [0.25, 0.3) is 23.6 Å². The molecule has 0 radical (unpaired) electrons. The number of ketones is 1. The molecule has 6 heterocycles. The molecule has 4 saturated heterocycles. The molecular weight excluding hydrogens is 1050 g/mol. The van der Waals surface area contributed by atoms with Crippen molar-refractivity contribution in [2.24, 2.45) is 0 Å². The number of aliphatic hydroxyl groups is 2. The molecular formula is C50H66Cl4N14O7. The van der Waals surface area contributed by atoms with Crippen LogP contribution in [0, 0.1) is 0 Å². The van der Waals surface area contributed by atoms with Crippen molar-refractivity contribution in [2.45, 2.75) is 70.5 Å². The van der Waals surface area contributed by atoms with Crippen LogP contribution < -0.4 is 37.2 Å². The van der Waals surface area contributed by atoms with Crippen molar-refractivity contribution >= 4 is 99.1 Å². The molecule has 25 heteroatoms. The average molecular weight is 1120 g/mol. The number of likely N-dealkylation sites (tertiary alicyclic amines) is 2. The molecule has 4 fully saturated rings. The number of rotatable bonds is 13. The van der Waals surface area contributed by atoms with Crippen LogP contribution in [0.15, 0.2) is 48.5 Å². The molecule has 0 aliphatic carbocycles. The number of nitrogen functional groups attached to an aromatic ring is 2. The molecule has 0 bridgehead atoms. The summed E-state index contributed by atoms with van der Waals surface area (Å²) in [6.45, 7) is 11.2. The number of nitrogens with zero attached hydrogens (tertiary/aromatic N) is 9. The van der Waals surface area contributed by atoms with Crippen LogP contribution in [0.4, 0.5) is 23.3 Å². The maximum Gasteiger partial charge on any atom is 0.273 e. The third-order valence-electron chi connectivity index (χ3n) is 13.3. The summed E-state index contributed by atoms with van der Waals surface area (Å²) >= 11 is 24.3. The van der Waals surface area contributed by atoms with Crippen LogP contribution >= 0.6 is 46.4 Å². The lowest BCUT2D eigenvalue weighted by Crippen LogP contribution is -2.58. The first-order chi connectivity index (χ1) is 36.0. The summed E-state index contributed by atoms with van der Waals surface area (Å²) in [6.07, 6.45) is 4.72. The number of piperazine rings is 2. The lowest BCUT2D eigenvalue weighted by atomic mass is 9.97. The fourth-order valence-corrected chi connectivity index (χ4v) is 9.93. The molecule has 2 aromatic heterocycles. The molecule has 2 aromatic carbocycles. The maximum atomic E-state index is 12.9. The summed E-state index contributed by atoms with van der Waals surface area (Å²) in [7, 11) is 0. The Morgan fingerprint density at radius 1 is 0.640 bits per heavy atom. The van der Waals surface area contributed by atoms with Crippen LogP contribution in [-0.4, -0.2) is 184 Å². The van der Waals surface area contributed by atoms with Gasteiger partial charge in [-0.1, -0.05) is 60.3 Å². The quantitative estimate of drug-likeness (QED) is 0.0994. The summed E-state index contributed by atoms with van der Waals surface area (Å²) in [4.78, 5) is 87.2. The standard InChI is InChI=1S/C25H33Cl2N7O3.C13H21ClN6O2.C12H12ClNO2/c1-2-18-15-33(23-21(27)30-20(22(28)31-23)24(36)29-9-14-35)12-13-34(18)19-7-10-32(11-8-19)25(37)16-3-5-17(26)6-4-16;1-2-8-7-20(5-3-16-8)12-10(14)18-9(11(15)19-12)13(22)17-4-6-21;13-10-3-1-9(2-4-10)12(16)14-7-5-11(15)6-8-14/h3-6,18-19,35H,2,7-15H2,1H3,(H2,28,31)(H,29,36);8,16,21H,2-7H2,1H3,(H2,15,19)(H,17,22);1-4H,5-8H2/t18-;8-;/m00./s1. The highest BCUT2D eigenvalue weighted by molar-refractivity contribution is 6.32. The number of halogens is 4. The number of hydrogen-bond donors (Lipinski definition) is 7. The Bertz CT molecular complexity index is 2590. The first-order valence-electron chi connectivity index (χ1n) is 25.1. The van der Waals surface area contributed by atoms with E-state index in [2.05, 4.69) is 59.5 Å². The minimum absolute atomic E-state index is 0.00282. The molecule has 4 amide bonds. The monoisotopic (exact) mass is 1110 g/mol. The van der Waals surface area contributed by atoms with Crippen molar-refractivity contribution in [1.82, 2.24) is 50.6 Å². The number of aromatic nitrogens is 4. The summed E-state index contributed by atoms with van der Waals surface area (Å²) in [5.41, 5.74) is 13.1. The van der Waals surface area contributed by atoms with Gasteiger partial charge in [-0.2, -0.15) is 0 Å². The fourth-order valence-electron chi connectivity index (χ4n) is 9.19. The van der Waals surface area contributed by atoms with Crippen LogP contribution in [0.1, 0.15) is 94.1 Å². The highest BCUT2D eigenvalue weighted by Crippen LogP contribution is 2.31. The van der Waals surface area contributed by atoms with Crippen LogP contribution in [0.3, 0.4) is 0 Å². The summed E-state index contributed by atoms with van der Waals surface area (Å²) in [5, 5.41) is 27.6. The Hall–Kier alpha value is -5.65. The number of amides is 4. The maximum absolute atomic E-state index is 12.9. The molecule has 0 saturated carbocycles. The third kappa shape index (κ3) is 16.0. The van der Waals surface area contributed by atoms with Gasteiger partial charge < -0.3 is 57.2 Å². The zero-order valence-corrected chi connectivity index (χ0v) is 45.1. The van der Waals surface area contributed by atoms with E-state index >= 15 is 0 Å². The molecule has 2 atom stereocenters. The molecule has 4 aliphatic heterocycles. The van der Waals surface area contributed by atoms with Gasteiger partial charge >= 0.3 is 0 Å². The van der Waals surface area contributed by atoms with E-state index in [1.807, 2.05) is 9.80 Å². The van der Waals surface area contributed by atoms with E-state index < -0.39 is 11.8 Å². The fraction of sp³-hybridized carbons (Fsp3) is 0.500. The van der Waals surface area contributed by atoms with Gasteiger partial charge in [0.05, 0.1) is 13.2 Å². The van der Waals surface area contributed by atoms with Crippen molar-refractivity contribution in [3.63, 3.8) is 0 Å². The predicted octanol–water partition coefficient (Wildman–Crippen LogP) is 4.06. The highest BCUT2D eigenvalue weighted by Gasteiger charge is 2.36. The molecule has 406 valence electrons. The van der Waals surface area contributed by atoms with E-state index in [9.17, 15) is 24.0 Å². The number of hydrogen-bond acceptors (Lipinski definition) is 17. The molecule has 0 unspecified atom stereocenters. The lowest BCUT2D eigenvalue weighted by Gasteiger charge is -2.47. The highest BCUT2D eigenvalue weighted by atomic mass is 35.5. The van der Waals surface area contributed by atoms with Crippen molar-refractivity contribution in [1.29, 1.82) is 0 Å². The largest absolute Gasteiger partial charge is 0.395 e. The van der Waals surface area contributed by atoms with Gasteiger partial charge in [0, 0.05) is 131 Å². The topological polar surface area (TPSA) is 282 Å². The van der Waals surface area contributed by atoms with Gasteiger partial charge in [-0.3, -0.25) is 28.9 Å². The van der Waals surface area contributed by atoms with Gasteiger partial charge in [-0.05, 0) is 74.2 Å². The van der Waals surface area contributed by atoms with E-state index in [0.717, 1.165) is 65.0 Å². The van der Waals surface area contributed by atoms with Gasteiger partial charge in [0.2, 0.25) is 0 Å². The number of Topliss-reactive ketones (excluding diaryl/α,β-unsaturated/α-hetero) is 1. The number of nitrogens with one attached hydrogen (secondary N) is 3. The van der Waals surface area contributed by atoms with Gasteiger partial charge in [-0.25, -0.2) is 19.9 Å². The SMILES string of the molecule is CC[C@H]1CN(c2nc(N)c(C(=O)NCCO)nc2Cl)CCN1.CC[C@H]1CN(c2nc(N)c(C(=O)NCCO)nc2Cl)CCN1C1CCN(C(=O)c2ccc(Cl)cc2)CC1.O=C1CCN(C(=O)c2ccc(Cl)cc2)CC1. The van der Waals surface area contributed by atoms with Crippen molar-refractivity contribution in [3.8, 4) is 0 Å². The first-order valence-corrected chi connectivity index (χ1v) is 26.6. The molecule has 21 nitrogen and oxygen atoms in total. The van der Waals surface area contributed by atoms with Gasteiger partial charge in [0.15, 0.2) is 45.0 Å². The summed E-state index contributed by atoms with van der Waals surface area (Å²) in [6, 6.07) is 14.9. The predicted molar refractivity (Wildman–Crippen MR) is 291 cm³/mol. The third-order valence-corrected chi connectivity index (χ3v) is 14.3. The van der Waals surface area contributed by atoms with Crippen LogP contribution in [0.2, 0.25) is 20.4 Å². The Morgan fingerprint density at radius 3 is 1.56 bits per heavy atom. The second-order valence-corrected chi connectivity index (χ2v) is 19.8. The molecule has 0 spiro atoms. The molecule has 4 aromatic rings. The lowest BCUT2D eigenvalue weighted by molar-refractivity contribution is -0.120. The van der Waals surface area contributed by atoms with Crippen LogP contribution in [0.5, 0.6) is 0 Å². The Kier molecular flexibility index (Phi) is 22.2. The number of benzene rings is 2. The number of carbonyl (C=O) groups excluding carboxylic acids is 5.